The van der Waals surface area contributed by atoms with Crippen molar-refractivity contribution >= 4 is 35.2 Å². The Morgan fingerprint density at radius 1 is 1.15 bits per heavy atom. The summed E-state index contributed by atoms with van der Waals surface area (Å²) in [5.74, 6) is -0.103. The van der Waals surface area contributed by atoms with Crippen LogP contribution >= 0.6 is 23.4 Å². The number of piperidine rings is 1. The molecule has 0 spiro atoms. The van der Waals surface area contributed by atoms with Gasteiger partial charge in [0.05, 0.1) is 0 Å². The highest BCUT2D eigenvalue weighted by molar-refractivity contribution is 8.00. The summed E-state index contributed by atoms with van der Waals surface area (Å²) in [6, 6.07) is 14.7. The summed E-state index contributed by atoms with van der Waals surface area (Å²) >= 11 is 7.76. The second-order valence-corrected chi connectivity index (χ2v) is 8.16. The molecule has 2 amide bonds. The Morgan fingerprint density at radius 3 is 2.52 bits per heavy atom. The monoisotopic (exact) mass is 404 g/mol. The number of halogens is 1. The second-order valence-electron chi connectivity index (χ2n) is 6.35. The van der Waals surface area contributed by atoms with Gasteiger partial charge in [-0.3, -0.25) is 9.59 Å². The third kappa shape index (κ3) is 5.65. The van der Waals surface area contributed by atoms with E-state index in [1.807, 2.05) is 40.9 Å². The molecular weight excluding hydrogens is 384 g/mol. The Labute approximate surface area is 167 Å². The minimum absolute atomic E-state index is 0.0190. The average Bonchev–Trinajstić information content (AvgIpc) is 2.68. The lowest BCUT2D eigenvalue weighted by Crippen LogP contribution is -2.39. The number of rotatable bonds is 6. The minimum Gasteiger partial charge on any atom is -0.484 e. The summed E-state index contributed by atoms with van der Waals surface area (Å²) in [5, 5.41) is 1.22. The van der Waals surface area contributed by atoms with Crippen molar-refractivity contribution in [2.75, 3.05) is 19.7 Å². The smallest absolute Gasteiger partial charge is 0.255 e. The van der Waals surface area contributed by atoms with E-state index in [0.29, 0.717) is 16.6 Å². The third-order valence-electron chi connectivity index (χ3n) is 4.31. The van der Waals surface area contributed by atoms with Crippen molar-refractivity contribution < 1.29 is 14.3 Å². The maximum Gasteiger partial charge on any atom is 0.255 e. The van der Waals surface area contributed by atoms with Crippen molar-refractivity contribution in [1.82, 2.24) is 4.90 Å². The molecule has 0 radical (unpaired) electrons. The number of ether oxygens (including phenoxy) is 1. The molecule has 142 valence electrons. The molecule has 0 saturated carbocycles. The van der Waals surface area contributed by atoms with E-state index in [2.05, 4.69) is 0 Å². The minimum atomic E-state index is -0.549. The Morgan fingerprint density at radius 2 is 1.85 bits per heavy atom. The number of nitrogens with zero attached hydrogens (tertiary/aromatic N) is 1. The van der Waals surface area contributed by atoms with Gasteiger partial charge in [-0.2, -0.15) is 0 Å². The number of amides is 2. The highest BCUT2D eigenvalue weighted by Gasteiger charge is 2.24. The molecule has 0 aliphatic carbocycles. The molecule has 5 nitrogen and oxygen atoms in total. The largest absolute Gasteiger partial charge is 0.484 e. The van der Waals surface area contributed by atoms with E-state index in [0.717, 1.165) is 31.0 Å². The molecule has 1 aliphatic heterocycles. The molecule has 0 aromatic heterocycles. The first-order valence-corrected chi connectivity index (χ1v) is 9.99. The first kappa shape index (κ1) is 19.6. The van der Waals surface area contributed by atoms with Gasteiger partial charge in [0.15, 0.2) is 6.61 Å². The summed E-state index contributed by atoms with van der Waals surface area (Å²) in [6.07, 6.45) is 1.88. The molecule has 0 unspecified atom stereocenters. The van der Waals surface area contributed by atoms with Crippen molar-refractivity contribution in [2.24, 2.45) is 5.73 Å². The van der Waals surface area contributed by atoms with E-state index in [9.17, 15) is 9.59 Å². The molecule has 2 aromatic rings. The lowest BCUT2D eigenvalue weighted by atomic mass is 10.1. The third-order valence-corrected chi connectivity index (χ3v) is 5.91. The lowest BCUT2D eigenvalue weighted by Gasteiger charge is -2.31. The van der Waals surface area contributed by atoms with Crippen LogP contribution in [-0.2, 0) is 4.79 Å². The zero-order valence-electron chi connectivity index (χ0n) is 14.8. The molecule has 2 N–H and O–H groups in total. The number of primary amides is 1. The molecular formula is C20H21ClN2O3S. The predicted molar refractivity (Wildman–Crippen MR) is 107 cm³/mol. The van der Waals surface area contributed by atoms with Gasteiger partial charge in [0, 0.05) is 33.8 Å². The van der Waals surface area contributed by atoms with Crippen LogP contribution in [-0.4, -0.2) is 41.7 Å². The van der Waals surface area contributed by atoms with Crippen LogP contribution in [0.25, 0.3) is 0 Å². The first-order valence-electron chi connectivity index (χ1n) is 8.74. The molecule has 2 aromatic carbocycles. The van der Waals surface area contributed by atoms with E-state index < -0.39 is 5.91 Å². The van der Waals surface area contributed by atoms with Gasteiger partial charge in [-0.15, -0.1) is 11.8 Å². The van der Waals surface area contributed by atoms with E-state index in [1.54, 1.807) is 24.3 Å². The van der Waals surface area contributed by atoms with Crippen molar-refractivity contribution in [1.29, 1.82) is 0 Å². The molecule has 27 heavy (non-hydrogen) atoms. The standard InChI is InChI=1S/C20H21ClN2O3S/c21-15-4-6-17(7-5-15)27-18-8-10-23(11-9-18)20(25)14-2-1-3-16(12-14)26-13-19(22)24/h1-7,12,18H,8-11,13H2,(H2,22,24). The number of carbonyl (C=O) groups is 2. The fourth-order valence-electron chi connectivity index (χ4n) is 2.94. The van der Waals surface area contributed by atoms with Gasteiger partial charge in [-0.1, -0.05) is 17.7 Å². The second kappa shape index (κ2) is 9.15. The number of benzene rings is 2. The highest BCUT2D eigenvalue weighted by Crippen LogP contribution is 2.31. The van der Waals surface area contributed by atoms with Crippen LogP contribution < -0.4 is 10.5 Å². The first-order chi connectivity index (χ1) is 13.0. The molecule has 1 saturated heterocycles. The maximum absolute atomic E-state index is 12.7. The molecule has 3 rings (SSSR count). The molecule has 1 fully saturated rings. The van der Waals surface area contributed by atoms with Crippen molar-refractivity contribution in [3.63, 3.8) is 0 Å². The van der Waals surface area contributed by atoms with Crippen LogP contribution in [0.3, 0.4) is 0 Å². The summed E-state index contributed by atoms with van der Waals surface area (Å²) in [4.78, 5) is 26.6. The lowest BCUT2D eigenvalue weighted by molar-refractivity contribution is -0.119. The van der Waals surface area contributed by atoms with E-state index in [4.69, 9.17) is 22.1 Å². The fraction of sp³-hybridized carbons (Fsp3) is 0.300. The highest BCUT2D eigenvalue weighted by atomic mass is 35.5. The Balaban J connectivity index is 1.54. The summed E-state index contributed by atoms with van der Waals surface area (Å²) < 4.78 is 5.28. The van der Waals surface area contributed by atoms with E-state index in [-0.39, 0.29) is 12.5 Å². The van der Waals surface area contributed by atoms with Crippen LogP contribution in [0, 0.1) is 0 Å². The summed E-state index contributed by atoms with van der Waals surface area (Å²) in [6.45, 7) is 1.23. The fourth-order valence-corrected chi connectivity index (χ4v) is 4.19. The number of likely N-dealkylation sites (tertiary alicyclic amines) is 1. The summed E-state index contributed by atoms with van der Waals surface area (Å²) in [7, 11) is 0. The summed E-state index contributed by atoms with van der Waals surface area (Å²) in [5.41, 5.74) is 5.64. The van der Waals surface area contributed by atoms with Crippen molar-refractivity contribution in [3.05, 3.63) is 59.1 Å². The van der Waals surface area contributed by atoms with Crippen molar-refractivity contribution in [2.45, 2.75) is 23.0 Å². The Hall–Kier alpha value is -2.18. The number of thioether (sulfide) groups is 1. The molecule has 1 aliphatic rings. The van der Waals surface area contributed by atoms with Gasteiger partial charge in [0.25, 0.3) is 11.8 Å². The average molecular weight is 405 g/mol. The number of carbonyl (C=O) groups excluding carboxylic acids is 2. The van der Waals surface area contributed by atoms with Crippen LogP contribution in [0.2, 0.25) is 5.02 Å². The quantitative estimate of drug-likeness (QED) is 0.798. The molecule has 7 heteroatoms. The van der Waals surface area contributed by atoms with E-state index >= 15 is 0 Å². The zero-order chi connectivity index (χ0) is 19.2. The molecule has 1 heterocycles. The Kier molecular flexibility index (Phi) is 6.63. The Bertz CT molecular complexity index is 805. The number of hydrogen-bond donors (Lipinski definition) is 1. The molecule has 0 atom stereocenters. The SMILES string of the molecule is NC(=O)COc1cccc(C(=O)N2CCC(Sc3ccc(Cl)cc3)CC2)c1. The zero-order valence-corrected chi connectivity index (χ0v) is 16.3. The van der Waals surface area contributed by atoms with Gasteiger partial charge in [0.2, 0.25) is 0 Å². The van der Waals surface area contributed by atoms with Crippen LogP contribution in [0.15, 0.2) is 53.4 Å². The normalized spacial score (nSPS) is 14.8. The van der Waals surface area contributed by atoms with Crippen LogP contribution in [0.5, 0.6) is 5.75 Å². The topological polar surface area (TPSA) is 72.6 Å². The maximum atomic E-state index is 12.7. The number of nitrogens with two attached hydrogens (primary N) is 1. The van der Waals surface area contributed by atoms with Gasteiger partial charge >= 0.3 is 0 Å². The van der Waals surface area contributed by atoms with E-state index in [1.165, 1.54) is 4.90 Å². The molecule has 0 bridgehead atoms. The predicted octanol–water partition coefficient (Wildman–Crippen LogP) is 3.60. The van der Waals surface area contributed by atoms with Gasteiger partial charge in [-0.25, -0.2) is 0 Å². The van der Waals surface area contributed by atoms with Gasteiger partial charge in [-0.05, 0) is 55.3 Å². The van der Waals surface area contributed by atoms with Crippen molar-refractivity contribution in [3.8, 4) is 5.75 Å². The van der Waals surface area contributed by atoms with Gasteiger partial charge < -0.3 is 15.4 Å². The number of hydrogen-bond acceptors (Lipinski definition) is 4. The van der Waals surface area contributed by atoms with Crippen LogP contribution in [0.4, 0.5) is 0 Å². The van der Waals surface area contributed by atoms with Crippen LogP contribution in [0.1, 0.15) is 23.2 Å². The van der Waals surface area contributed by atoms with Gasteiger partial charge in [0.1, 0.15) is 5.75 Å².